The van der Waals surface area contributed by atoms with Gasteiger partial charge in [-0.15, -0.1) is 11.3 Å². The molecule has 10 nitrogen and oxygen atoms in total. The van der Waals surface area contributed by atoms with Crippen LogP contribution in [0.25, 0.3) is 11.2 Å². The van der Waals surface area contributed by atoms with Gasteiger partial charge in [0.2, 0.25) is 0 Å². The smallest absolute Gasteiger partial charge is 0.332 e. The molecule has 2 N–H and O–H groups in total. The van der Waals surface area contributed by atoms with Crippen LogP contribution in [0.3, 0.4) is 0 Å². The summed E-state index contributed by atoms with van der Waals surface area (Å²) < 4.78 is 9.89. The number of hydrogen-bond acceptors (Lipinski definition) is 8. The summed E-state index contributed by atoms with van der Waals surface area (Å²) in [5.74, 6) is 0.503. The fourth-order valence-corrected chi connectivity index (χ4v) is 4.01. The van der Waals surface area contributed by atoms with E-state index in [9.17, 15) is 14.7 Å². The summed E-state index contributed by atoms with van der Waals surface area (Å²) in [5, 5.41) is 19.4. The summed E-state index contributed by atoms with van der Waals surface area (Å²) in [6.45, 7) is 2.12. The predicted molar refractivity (Wildman–Crippen MR) is 115 cm³/mol. The van der Waals surface area contributed by atoms with Gasteiger partial charge in [-0.2, -0.15) is 4.98 Å². The molecule has 0 aliphatic rings. The Morgan fingerprint density at radius 1 is 1.16 bits per heavy atom. The maximum atomic E-state index is 13.2. The van der Waals surface area contributed by atoms with Gasteiger partial charge in [-0.3, -0.25) is 18.5 Å². The van der Waals surface area contributed by atoms with Crippen molar-refractivity contribution < 1.29 is 14.9 Å². The Hall–Kier alpha value is -3.44. The highest BCUT2D eigenvalue weighted by molar-refractivity contribution is 7.11. The van der Waals surface area contributed by atoms with Crippen LogP contribution < -0.4 is 16.0 Å². The number of rotatable bonds is 7. The van der Waals surface area contributed by atoms with E-state index in [1.54, 1.807) is 22.9 Å². The minimum Gasteiger partial charge on any atom is -0.508 e. The number of benzene rings is 1. The lowest BCUT2D eigenvalue weighted by Crippen LogP contribution is -2.39. The Labute approximate surface area is 180 Å². The second-order valence-electron chi connectivity index (χ2n) is 6.99. The molecule has 0 spiro atoms. The van der Waals surface area contributed by atoms with Crippen molar-refractivity contribution in [2.75, 3.05) is 6.61 Å². The van der Waals surface area contributed by atoms with Crippen LogP contribution in [0, 0.1) is 6.92 Å². The van der Waals surface area contributed by atoms with Crippen LogP contribution in [0.5, 0.6) is 17.5 Å². The molecular weight excluding hydrogens is 422 g/mol. The second kappa shape index (κ2) is 8.36. The van der Waals surface area contributed by atoms with Crippen LogP contribution in [0.15, 0.2) is 40.1 Å². The summed E-state index contributed by atoms with van der Waals surface area (Å²) in [7, 11) is 1.54. The lowest BCUT2D eigenvalue weighted by molar-refractivity contribution is 0.277. The number of phenolic OH excluding ortho intramolecular Hbond substituents is 1. The van der Waals surface area contributed by atoms with E-state index in [0.717, 1.165) is 14.5 Å². The Kier molecular flexibility index (Phi) is 5.61. The normalized spacial score (nSPS) is 11.3. The van der Waals surface area contributed by atoms with Crippen LogP contribution in [0.2, 0.25) is 0 Å². The topological polar surface area (TPSA) is 124 Å². The van der Waals surface area contributed by atoms with Crippen molar-refractivity contribution in [2.24, 2.45) is 7.05 Å². The number of hydrogen-bond donors (Lipinski definition) is 2. The summed E-state index contributed by atoms with van der Waals surface area (Å²) in [4.78, 5) is 35.8. The number of aryl methyl sites for hydroxylation is 2. The Morgan fingerprint density at radius 2 is 1.90 bits per heavy atom. The molecule has 3 heterocycles. The first-order chi connectivity index (χ1) is 14.9. The van der Waals surface area contributed by atoms with Gasteiger partial charge in [0.25, 0.3) is 5.56 Å². The van der Waals surface area contributed by atoms with Crippen molar-refractivity contribution in [1.29, 1.82) is 0 Å². The quantitative estimate of drug-likeness (QED) is 0.444. The molecule has 3 aromatic heterocycles. The summed E-state index contributed by atoms with van der Waals surface area (Å²) in [6, 6.07) is 6.23. The zero-order chi connectivity index (χ0) is 22.1. The number of nitrogens with zero attached hydrogens (tertiary/aromatic N) is 5. The van der Waals surface area contributed by atoms with Crippen molar-refractivity contribution in [2.45, 2.75) is 26.4 Å². The first-order valence-corrected chi connectivity index (χ1v) is 10.4. The molecule has 0 saturated carbocycles. The fourth-order valence-electron chi connectivity index (χ4n) is 3.23. The number of aliphatic hydroxyl groups excluding tert-OH is 1. The van der Waals surface area contributed by atoms with E-state index in [0.29, 0.717) is 5.75 Å². The zero-order valence-electron chi connectivity index (χ0n) is 17.0. The van der Waals surface area contributed by atoms with Gasteiger partial charge in [0, 0.05) is 31.3 Å². The van der Waals surface area contributed by atoms with Gasteiger partial charge in [0.05, 0.1) is 6.54 Å². The zero-order valence-corrected chi connectivity index (χ0v) is 17.8. The monoisotopic (exact) mass is 443 g/mol. The van der Waals surface area contributed by atoms with Gasteiger partial charge >= 0.3 is 11.7 Å². The first kappa shape index (κ1) is 20.8. The number of aromatic nitrogens is 5. The Bertz CT molecular complexity index is 1350. The minimum atomic E-state index is -0.517. The molecule has 162 valence electrons. The van der Waals surface area contributed by atoms with Gasteiger partial charge in [0.1, 0.15) is 16.5 Å². The summed E-state index contributed by atoms with van der Waals surface area (Å²) in [6.07, 6.45) is 2.02. The molecular formula is C20H21N5O5S. The van der Waals surface area contributed by atoms with E-state index in [1.807, 2.05) is 6.92 Å². The molecule has 0 saturated heterocycles. The Balaban J connectivity index is 1.92. The van der Waals surface area contributed by atoms with Crippen LogP contribution in [0.4, 0.5) is 0 Å². The van der Waals surface area contributed by atoms with E-state index in [4.69, 9.17) is 9.84 Å². The molecule has 0 unspecified atom stereocenters. The molecule has 0 atom stereocenters. The highest BCUT2D eigenvalue weighted by atomic mass is 32.1. The number of aromatic hydroxyl groups is 1. The molecule has 0 bridgehead atoms. The summed E-state index contributed by atoms with van der Waals surface area (Å²) in [5.41, 5.74) is -0.622. The van der Waals surface area contributed by atoms with Crippen LogP contribution >= 0.6 is 11.3 Å². The van der Waals surface area contributed by atoms with E-state index in [2.05, 4.69) is 9.97 Å². The highest BCUT2D eigenvalue weighted by Gasteiger charge is 2.22. The van der Waals surface area contributed by atoms with Crippen molar-refractivity contribution >= 4 is 22.5 Å². The van der Waals surface area contributed by atoms with Crippen LogP contribution in [-0.4, -0.2) is 40.5 Å². The molecule has 0 aliphatic carbocycles. The minimum absolute atomic E-state index is 0.0909. The molecule has 11 heteroatoms. The molecule has 0 radical (unpaired) electrons. The standard InChI is InChI=1S/C20H21N5O5S/c1-12-10-21-15(31-12)11-25-16-17(22-19(25)30-14-6-4-13(27)5-7-14)23(2)20(29)24(18(16)28)8-3-9-26/h4-7,10,26-27H,3,8-9,11H2,1-2H3. The average molecular weight is 443 g/mol. The highest BCUT2D eigenvalue weighted by Crippen LogP contribution is 2.27. The first-order valence-electron chi connectivity index (χ1n) is 9.58. The lowest BCUT2D eigenvalue weighted by atomic mass is 10.3. The number of thiazole rings is 1. The molecule has 0 aliphatic heterocycles. The molecule has 0 amide bonds. The SMILES string of the molecule is Cc1cnc(Cn2c(Oc3ccc(O)cc3)nc3c2c(=O)n(CCCO)c(=O)n3C)s1. The Morgan fingerprint density at radius 3 is 2.55 bits per heavy atom. The fraction of sp³-hybridized carbons (Fsp3) is 0.300. The van der Waals surface area contributed by atoms with Crippen molar-refractivity contribution in [3.8, 4) is 17.5 Å². The van der Waals surface area contributed by atoms with Crippen molar-refractivity contribution in [1.82, 2.24) is 23.7 Å². The molecule has 31 heavy (non-hydrogen) atoms. The van der Waals surface area contributed by atoms with Gasteiger partial charge in [-0.1, -0.05) is 0 Å². The number of ether oxygens (including phenoxy) is 1. The third-order valence-electron chi connectivity index (χ3n) is 4.75. The van der Waals surface area contributed by atoms with E-state index < -0.39 is 11.2 Å². The van der Waals surface area contributed by atoms with Crippen LogP contribution in [0.1, 0.15) is 16.3 Å². The number of phenols is 1. The lowest BCUT2D eigenvalue weighted by Gasteiger charge is -2.10. The molecule has 1 aromatic carbocycles. The number of aliphatic hydroxyl groups is 1. The van der Waals surface area contributed by atoms with E-state index >= 15 is 0 Å². The summed E-state index contributed by atoms with van der Waals surface area (Å²) >= 11 is 1.48. The average Bonchev–Trinajstić information content (AvgIpc) is 3.32. The van der Waals surface area contributed by atoms with Gasteiger partial charge in [-0.05, 0) is 37.6 Å². The number of imidazole rings is 1. The third kappa shape index (κ3) is 3.97. The van der Waals surface area contributed by atoms with Gasteiger partial charge < -0.3 is 14.9 Å². The van der Waals surface area contributed by atoms with Gasteiger partial charge in [-0.25, -0.2) is 9.78 Å². The predicted octanol–water partition coefficient (Wildman–Crippen LogP) is 1.59. The maximum Gasteiger partial charge on any atom is 0.332 e. The molecule has 0 fully saturated rings. The van der Waals surface area contributed by atoms with Crippen molar-refractivity contribution in [3.63, 3.8) is 0 Å². The largest absolute Gasteiger partial charge is 0.508 e. The second-order valence-corrected chi connectivity index (χ2v) is 8.31. The number of fused-ring (bicyclic) bond motifs is 1. The van der Waals surface area contributed by atoms with Crippen LogP contribution in [-0.2, 0) is 20.1 Å². The van der Waals surface area contributed by atoms with Gasteiger partial charge in [0.15, 0.2) is 11.2 Å². The van der Waals surface area contributed by atoms with Crippen molar-refractivity contribution in [3.05, 3.63) is 61.2 Å². The molecule has 4 rings (SSSR count). The van der Waals surface area contributed by atoms with E-state index in [1.165, 1.54) is 35.1 Å². The van der Waals surface area contributed by atoms with E-state index in [-0.39, 0.29) is 49.0 Å². The maximum absolute atomic E-state index is 13.2. The molecule has 4 aromatic rings. The third-order valence-corrected chi connectivity index (χ3v) is 5.64.